The molecule has 1 amide bonds. The van der Waals surface area contributed by atoms with Crippen LogP contribution in [0, 0.1) is 12.7 Å². The van der Waals surface area contributed by atoms with Gasteiger partial charge in [0.05, 0.1) is 5.69 Å². The molecule has 0 saturated carbocycles. The Morgan fingerprint density at radius 1 is 1.53 bits per heavy atom. The summed E-state index contributed by atoms with van der Waals surface area (Å²) >= 11 is 0. The van der Waals surface area contributed by atoms with Crippen molar-refractivity contribution in [1.82, 2.24) is 9.55 Å². The fourth-order valence-corrected chi connectivity index (χ4v) is 1.80. The Hall–Kier alpha value is -2.37. The van der Waals surface area contributed by atoms with Crippen molar-refractivity contribution in [1.29, 1.82) is 0 Å². The normalized spacial score (nSPS) is 12.2. The number of imidazole rings is 1. The minimum absolute atomic E-state index is 0.0784. The van der Waals surface area contributed by atoms with Gasteiger partial charge in [-0.15, -0.1) is 0 Å². The lowest BCUT2D eigenvalue weighted by Crippen LogP contribution is -2.24. The lowest BCUT2D eigenvalue weighted by atomic mass is 10.2. The van der Waals surface area contributed by atoms with Crippen molar-refractivity contribution in [3.05, 3.63) is 42.2 Å². The van der Waals surface area contributed by atoms with Crippen molar-refractivity contribution >= 4 is 17.3 Å². The van der Waals surface area contributed by atoms with E-state index in [9.17, 15) is 9.18 Å². The number of hydrogen-bond acceptors (Lipinski definition) is 3. The van der Waals surface area contributed by atoms with E-state index < -0.39 is 11.9 Å². The molecule has 2 aromatic rings. The summed E-state index contributed by atoms with van der Waals surface area (Å²) in [4.78, 5) is 16.1. The molecule has 5 nitrogen and oxygen atoms in total. The molecule has 1 atom stereocenters. The van der Waals surface area contributed by atoms with E-state index in [4.69, 9.17) is 5.73 Å². The summed E-state index contributed by atoms with van der Waals surface area (Å²) in [6.07, 6.45) is 3.31. The number of nitrogen functional groups attached to an aromatic ring is 1. The van der Waals surface area contributed by atoms with Crippen LogP contribution in [-0.4, -0.2) is 15.5 Å². The maximum Gasteiger partial charge on any atom is 0.247 e. The minimum atomic E-state index is -0.517. The zero-order valence-electron chi connectivity index (χ0n) is 10.7. The van der Waals surface area contributed by atoms with E-state index >= 15 is 0 Å². The number of carbonyl (C=O) groups is 1. The third-order valence-corrected chi connectivity index (χ3v) is 2.91. The zero-order valence-corrected chi connectivity index (χ0v) is 10.7. The molecule has 0 aliphatic heterocycles. The predicted octanol–water partition coefficient (Wildman–Crippen LogP) is 2.11. The molecule has 6 heteroatoms. The van der Waals surface area contributed by atoms with Crippen LogP contribution in [0.15, 0.2) is 30.6 Å². The SMILES string of the molecule is Cc1nccn1C(C)C(=O)Nc1cc(N)ccc1F. The Balaban J connectivity index is 2.17. The smallest absolute Gasteiger partial charge is 0.247 e. The summed E-state index contributed by atoms with van der Waals surface area (Å²) in [6, 6.07) is 3.57. The van der Waals surface area contributed by atoms with Crippen LogP contribution in [0.4, 0.5) is 15.8 Å². The van der Waals surface area contributed by atoms with Crippen LogP contribution in [0.25, 0.3) is 0 Å². The predicted molar refractivity (Wildman–Crippen MR) is 71.1 cm³/mol. The van der Waals surface area contributed by atoms with E-state index in [-0.39, 0.29) is 11.6 Å². The first-order chi connectivity index (χ1) is 8.99. The average molecular weight is 262 g/mol. The first-order valence-electron chi connectivity index (χ1n) is 5.84. The van der Waals surface area contributed by atoms with Crippen molar-refractivity contribution in [2.75, 3.05) is 11.1 Å². The molecule has 1 aromatic carbocycles. The van der Waals surface area contributed by atoms with Gasteiger partial charge in [-0.3, -0.25) is 4.79 Å². The van der Waals surface area contributed by atoms with E-state index in [2.05, 4.69) is 10.3 Å². The molecule has 0 radical (unpaired) electrons. The van der Waals surface area contributed by atoms with E-state index in [1.165, 1.54) is 18.2 Å². The van der Waals surface area contributed by atoms with Crippen LogP contribution in [0.5, 0.6) is 0 Å². The van der Waals surface area contributed by atoms with Crippen LogP contribution in [0.2, 0.25) is 0 Å². The topological polar surface area (TPSA) is 72.9 Å². The third-order valence-electron chi connectivity index (χ3n) is 2.91. The Labute approximate surface area is 110 Å². The molecule has 1 unspecified atom stereocenters. The number of hydrogen-bond donors (Lipinski definition) is 2. The van der Waals surface area contributed by atoms with Gasteiger partial charge in [0, 0.05) is 18.1 Å². The Morgan fingerprint density at radius 2 is 2.26 bits per heavy atom. The van der Waals surface area contributed by atoms with Gasteiger partial charge >= 0.3 is 0 Å². The molecule has 3 N–H and O–H groups in total. The second-order valence-corrected chi connectivity index (χ2v) is 4.29. The fraction of sp³-hybridized carbons (Fsp3) is 0.231. The molecule has 1 heterocycles. The van der Waals surface area contributed by atoms with Gasteiger partial charge in [0.15, 0.2) is 0 Å². The van der Waals surface area contributed by atoms with Crippen LogP contribution in [0.3, 0.4) is 0 Å². The first-order valence-corrected chi connectivity index (χ1v) is 5.84. The number of anilines is 2. The van der Waals surface area contributed by atoms with Crippen LogP contribution < -0.4 is 11.1 Å². The molecule has 19 heavy (non-hydrogen) atoms. The van der Waals surface area contributed by atoms with Gasteiger partial charge in [-0.1, -0.05) is 0 Å². The van der Waals surface area contributed by atoms with Gasteiger partial charge in [-0.05, 0) is 32.0 Å². The Bertz CT molecular complexity index is 608. The van der Waals surface area contributed by atoms with Gasteiger partial charge in [-0.2, -0.15) is 0 Å². The summed E-state index contributed by atoms with van der Waals surface area (Å²) < 4.78 is 15.2. The number of carbonyl (C=O) groups excluding carboxylic acids is 1. The largest absolute Gasteiger partial charge is 0.399 e. The lowest BCUT2D eigenvalue weighted by molar-refractivity contribution is -0.118. The number of nitrogens with one attached hydrogen (secondary N) is 1. The number of aromatic nitrogens is 2. The molecule has 0 aliphatic rings. The zero-order chi connectivity index (χ0) is 14.0. The second kappa shape index (κ2) is 5.09. The molecule has 2 rings (SSSR count). The molecule has 1 aromatic heterocycles. The standard InChI is InChI=1S/C13H15FN4O/c1-8(18-6-5-16-9(18)2)13(19)17-12-7-10(15)3-4-11(12)14/h3-8H,15H2,1-2H3,(H,17,19). The highest BCUT2D eigenvalue weighted by Gasteiger charge is 2.17. The average Bonchev–Trinajstić information content (AvgIpc) is 2.79. The van der Waals surface area contributed by atoms with Gasteiger partial charge in [-0.25, -0.2) is 9.37 Å². The number of amides is 1. The van der Waals surface area contributed by atoms with Crippen molar-refractivity contribution in [2.45, 2.75) is 19.9 Å². The molecule has 0 spiro atoms. The van der Waals surface area contributed by atoms with E-state index in [0.29, 0.717) is 5.69 Å². The third kappa shape index (κ3) is 2.73. The fourth-order valence-electron chi connectivity index (χ4n) is 1.80. The highest BCUT2D eigenvalue weighted by atomic mass is 19.1. The number of nitrogens with two attached hydrogens (primary N) is 1. The van der Waals surface area contributed by atoms with Crippen molar-refractivity contribution in [3.8, 4) is 0 Å². The van der Waals surface area contributed by atoms with Crippen LogP contribution in [0.1, 0.15) is 18.8 Å². The lowest BCUT2D eigenvalue weighted by Gasteiger charge is -2.15. The van der Waals surface area contributed by atoms with E-state index in [1.807, 2.05) is 0 Å². The number of aryl methyl sites for hydroxylation is 1. The number of nitrogens with zero attached hydrogens (tertiary/aromatic N) is 2. The molecule has 0 saturated heterocycles. The molecule has 0 fully saturated rings. The summed E-state index contributed by atoms with van der Waals surface area (Å²) in [5.74, 6) is -0.126. The molecular weight excluding hydrogens is 247 g/mol. The van der Waals surface area contributed by atoms with E-state index in [0.717, 1.165) is 5.82 Å². The molecule has 0 aliphatic carbocycles. The Morgan fingerprint density at radius 3 is 2.89 bits per heavy atom. The molecule has 0 bridgehead atoms. The summed E-state index contributed by atoms with van der Waals surface area (Å²) in [5, 5.41) is 2.52. The van der Waals surface area contributed by atoms with Crippen LogP contribution >= 0.6 is 0 Å². The van der Waals surface area contributed by atoms with Gasteiger partial charge < -0.3 is 15.6 Å². The maximum atomic E-state index is 13.5. The van der Waals surface area contributed by atoms with E-state index in [1.54, 1.807) is 30.8 Å². The maximum absolute atomic E-state index is 13.5. The summed E-state index contributed by atoms with van der Waals surface area (Å²) in [6.45, 7) is 3.51. The second-order valence-electron chi connectivity index (χ2n) is 4.29. The first kappa shape index (κ1) is 13.1. The number of rotatable bonds is 3. The van der Waals surface area contributed by atoms with Gasteiger partial charge in [0.2, 0.25) is 5.91 Å². The molecular formula is C13H15FN4O. The quantitative estimate of drug-likeness (QED) is 0.832. The summed E-state index contributed by atoms with van der Waals surface area (Å²) in [7, 11) is 0. The minimum Gasteiger partial charge on any atom is -0.399 e. The highest BCUT2D eigenvalue weighted by molar-refractivity contribution is 5.94. The highest BCUT2D eigenvalue weighted by Crippen LogP contribution is 2.19. The number of halogens is 1. The van der Waals surface area contributed by atoms with Crippen molar-refractivity contribution < 1.29 is 9.18 Å². The Kier molecular flexibility index (Phi) is 3.50. The van der Waals surface area contributed by atoms with Crippen molar-refractivity contribution in [2.24, 2.45) is 0 Å². The molecule has 100 valence electrons. The number of benzene rings is 1. The van der Waals surface area contributed by atoms with Crippen molar-refractivity contribution in [3.63, 3.8) is 0 Å². The van der Waals surface area contributed by atoms with Gasteiger partial charge in [0.25, 0.3) is 0 Å². The monoisotopic (exact) mass is 262 g/mol. The van der Waals surface area contributed by atoms with Gasteiger partial charge in [0.1, 0.15) is 17.7 Å². The van der Waals surface area contributed by atoms with Crippen LogP contribution in [-0.2, 0) is 4.79 Å². The summed E-state index contributed by atoms with van der Waals surface area (Å²) in [5.41, 5.74) is 6.04.